The van der Waals surface area contributed by atoms with E-state index in [1.54, 1.807) is 0 Å². The summed E-state index contributed by atoms with van der Waals surface area (Å²) in [4.78, 5) is 4.09. The lowest BCUT2D eigenvalue weighted by Gasteiger charge is -2.10. The van der Waals surface area contributed by atoms with Gasteiger partial charge >= 0.3 is 0 Å². The van der Waals surface area contributed by atoms with Crippen LogP contribution in [0.1, 0.15) is 5.56 Å². The molecule has 3 rings (SSSR count). The second-order valence-electron chi connectivity index (χ2n) is 5.47. The minimum absolute atomic E-state index is 0. The van der Waals surface area contributed by atoms with Crippen LogP contribution in [0.3, 0.4) is 0 Å². The van der Waals surface area contributed by atoms with Crippen molar-refractivity contribution in [3.63, 3.8) is 0 Å². The number of pyridine rings is 1. The number of aryl methyl sites for hydroxylation is 1. The molecule has 1 aromatic rings. The zero-order valence-electron chi connectivity index (χ0n) is 11.8. The van der Waals surface area contributed by atoms with E-state index >= 15 is 0 Å². The van der Waals surface area contributed by atoms with Crippen LogP contribution in [0, 0.1) is 24.7 Å². The molecule has 2 heterocycles. The van der Waals surface area contributed by atoms with Gasteiger partial charge in [0.05, 0.1) is 0 Å². The van der Waals surface area contributed by atoms with Crippen LogP contribution < -0.4 is 16.0 Å². The number of piperidine rings is 1. The van der Waals surface area contributed by atoms with Crippen LogP contribution in [0.4, 0.5) is 5.69 Å². The van der Waals surface area contributed by atoms with Crippen molar-refractivity contribution in [1.29, 1.82) is 0 Å². The molecule has 1 aliphatic carbocycles. The first-order chi connectivity index (χ1) is 8.86. The molecule has 2 fully saturated rings. The number of rotatable bonds is 6. The topological polar surface area (TPSA) is 49.0 Å². The van der Waals surface area contributed by atoms with Crippen LogP contribution in [-0.2, 0) is 0 Å². The Morgan fingerprint density at radius 1 is 1.25 bits per heavy atom. The highest BCUT2D eigenvalue weighted by Crippen LogP contribution is 2.47. The zero-order valence-corrected chi connectivity index (χ0v) is 13.4. The number of nitrogens with zero attached hydrogens (tertiary/aromatic N) is 1. The lowest BCUT2D eigenvalue weighted by molar-refractivity contribution is 0.546. The highest BCUT2D eigenvalue weighted by atomic mass is 35.5. The highest BCUT2D eigenvalue weighted by Gasteiger charge is 2.51. The van der Waals surface area contributed by atoms with Crippen molar-refractivity contribution in [1.82, 2.24) is 15.6 Å². The van der Waals surface area contributed by atoms with E-state index in [1.807, 2.05) is 18.5 Å². The molecule has 0 bridgehead atoms. The van der Waals surface area contributed by atoms with Crippen molar-refractivity contribution < 1.29 is 0 Å². The summed E-state index contributed by atoms with van der Waals surface area (Å²) >= 11 is 0. The third kappa shape index (κ3) is 3.98. The van der Waals surface area contributed by atoms with Gasteiger partial charge in [-0.3, -0.25) is 4.98 Å². The summed E-state index contributed by atoms with van der Waals surface area (Å²) in [6.45, 7) is 7.77. The average molecular weight is 319 g/mol. The van der Waals surface area contributed by atoms with Crippen molar-refractivity contribution >= 4 is 30.5 Å². The minimum Gasteiger partial charge on any atom is -0.383 e. The molecule has 1 unspecified atom stereocenters. The first kappa shape index (κ1) is 17.5. The number of aromatic nitrogens is 1. The Balaban J connectivity index is 0.000001000. The van der Waals surface area contributed by atoms with E-state index < -0.39 is 0 Å². The molecule has 0 aromatic carbocycles. The normalized spacial score (nSPS) is 26.1. The summed E-state index contributed by atoms with van der Waals surface area (Å²) in [6.07, 6.45) is 3.73. The number of hydrogen-bond donors (Lipinski definition) is 3. The molecule has 20 heavy (non-hydrogen) atoms. The molecule has 4 nitrogen and oxygen atoms in total. The number of hydrogen-bond acceptors (Lipinski definition) is 4. The maximum absolute atomic E-state index is 4.09. The van der Waals surface area contributed by atoms with Crippen LogP contribution in [0.25, 0.3) is 0 Å². The first-order valence-corrected chi connectivity index (χ1v) is 6.92. The van der Waals surface area contributed by atoms with Crippen LogP contribution in [-0.4, -0.2) is 37.7 Å². The zero-order chi connectivity index (χ0) is 12.4. The second kappa shape index (κ2) is 8.03. The number of nitrogens with one attached hydrogen (secondary N) is 3. The maximum Gasteiger partial charge on any atom is 0.0401 e. The number of anilines is 1. The van der Waals surface area contributed by atoms with Gasteiger partial charge in [0.1, 0.15) is 0 Å². The van der Waals surface area contributed by atoms with Gasteiger partial charge in [0.2, 0.25) is 0 Å². The molecule has 0 spiro atoms. The molecule has 2 aliphatic rings. The quantitative estimate of drug-likeness (QED) is 0.699. The molecule has 0 amide bonds. The Kier molecular flexibility index (Phi) is 7.03. The molecule has 6 heteroatoms. The van der Waals surface area contributed by atoms with E-state index in [9.17, 15) is 0 Å². The van der Waals surface area contributed by atoms with Gasteiger partial charge in [0.25, 0.3) is 0 Å². The molecule has 1 saturated heterocycles. The smallest absolute Gasteiger partial charge is 0.0401 e. The van der Waals surface area contributed by atoms with Gasteiger partial charge < -0.3 is 16.0 Å². The maximum atomic E-state index is 4.09. The lowest BCUT2D eigenvalue weighted by atomic mass is 10.2. The predicted octanol–water partition coefficient (Wildman–Crippen LogP) is 1.70. The second-order valence-corrected chi connectivity index (χ2v) is 5.47. The van der Waals surface area contributed by atoms with Gasteiger partial charge in [-0.25, -0.2) is 0 Å². The summed E-state index contributed by atoms with van der Waals surface area (Å²) in [5.41, 5.74) is 2.40. The first-order valence-electron chi connectivity index (χ1n) is 6.92. The molecule has 3 N–H and O–H groups in total. The lowest BCUT2D eigenvalue weighted by Crippen LogP contribution is -2.27. The summed E-state index contributed by atoms with van der Waals surface area (Å²) in [5, 5.41) is 10.4. The molecular formula is C14H24Cl2N4. The minimum atomic E-state index is 0. The Morgan fingerprint density at radius 3 is 2.70 bits per heavy atom. The Morgan fingerprint density at radius 2 is 2.00 bits per heavy atom. The summed E-state index contributed by atoms with van der Waals surface area (Å²) in [5.74, 6) is 2.87. The van der Waals surface area contributed by atoms with Crippen LogP contribution >= 0.6 is 24.8 Å². The van der Waals surface area contributed by atoms with Crippen molar-refractivity contribution in [3.8, 4) is 0 Å². The molecule has 1 aliphatic heterocycles. The van der Waals surface area contributed by atoms with E-state index in [0.717, 1.165) is 30.8 Å². The molecule has 1 aromatic heterocycles. The van der Waals surface area contributed by atoms with Crippen LogP contribution in [0.15, 0.2) is 18.5 Å². The Bertz CT molecular complexity index is 406. The number of halogens is 2. The van der Waals surface area contributed by atoms with Crippen molar-refractivity contribution in [2.24, 2.45) is 17.8 Å². The third-order valence-electron chi connectivity index (χ3n) is 4.29. The van der Waals surface area contributed by atoms with Crippen molar-refractivity contribution in [2.75, 3.05) is 38.0 Å². The fourth-order valence-electron chi connectivity index (χ4n) is 3.08. The Hall–Kier alpha value is -0.550. The molecular weight excluding hydrogens is 295 g/mol. The van der Waals surface area contributed by atoms with Gasteiger partial charge in [0, 0.05) is 31.2 Å². The monoisotopic (exact) mass is 318 g/mol. The SMILES string of the molecule is Cc1cnccc1NCCNCC1[C@H]2CNC[C@@H]12.Cl.Cl. The molecule has 3 atom stereocenters. The van der Waals surface area contributed by atoms with Crippen molar-refractivity contribution in [2.45, 2.75) is 6.92 Å². The average Bonchev–Trinajstić information content (AvgIpc) is 2.83. The van der Waals surface area contributed by atoms with Crippen molar-refractivity contribution in [3.05, 3.63) is 24.0 Å². The van der Waals surface area contributed by atoms with Gasteiger partial charge in [-0.15, -0.1) is 24.8 Å². The molecule has 114 valence electrons. The fraction of sp³-hybridized carbons (Fsp3) is 0.643. The van der Waals surface area contributed by atoms with Crippen LogP contribution in [0.5, 0.6) is 0 Å². The summed E-state index contributed by atoms with van der Waals surface area (Å²) < 4.78 is 0. The van der Waals surface area contributed by atoms with E-state index in [2.05, 4.69) is 27.9 Å². The van der Waals surface area contributed by atoms with E-state index in [0.29, 0.717) is 0 Å². The van der Waals surface area contributed by atoms with Gasteiger partial charge in [0.15, 0.2) is 0 Å². The summed E-state index contributed by atoms with van der Waals surface area (Å²) in [6, 6.07) is 2.03. The van der Waals surface area contributed by atoms with E-state index in [4.69, 9.17) is 0 Å². The van der Waals surface area contributed by atoms with Gasteiger partial charge in [-0.1, -0.05) is 0 Å². The number of fused-ring (bicyclic) bond motifs is 1. The van der Waals surface area contributed by atoms with Crippen LogP contribution in [0.2, 0.25) is 0 Å². The highest BCUT2D eigenvalue weighted by molar-refractivity contribution is 5.85. The largest absolute Gasteiger partial charge is 0.383 e. The molecule has 1 saturated carbocycles. The van der Waals surface area contributed by atoms with Gasteiger partial charge in [-0.2, -0.15) is 0 Å². The van der Waals surface area contributed by atoms with E-state index in [1.165, 1.54) is 30.9 Å². The van der Waals surface area contributed by atoms with E-state index in [-0.39, 0.29) is 24.8 Å². The third-order valence-corrected chi connectivity index (χ3v) is 4.29. The molecule has 0 radical (unpaired) electrons. The standard InChI is InChI=1S/C14H22N4.2ClH/c1-10-6-15-3-2-14(10)18-5-4-16-7-11-12-8-17-9-13(11)12;;/h2-3,6,11-13,16-17H,4-5,7-9H2,1H3,(H,15,18);2*1H/t11?,12-,13+;;. The van der Waals surface area contributed by atoms with Gasteiger partial charge in [-0.05, 0) is 55.9 Å². The Labute approximate surface area is 133 Å². The fourth-order valence-corrected chi connectivity index (χ4v) is 3.08. The predicted molar refractivity (Wildman–Crippen MR) is 88.2 cm³/mol. The summed E-state index contributed by atoms with van der Waals surface area (Å²) in [7, 11) is 0.